The van der Waals surface area contributed by atoms with Gasteiger partial charge in [0.05, 0.1) is 23.5 Å². The second-order valence-electron chi connectivity index (χ2n) is 3.68. The van der Waals surface area contributed by atoms with E-state index in [9.17, 15) is 4.39 Å². The lowest BCUT2D eigenvalue weighted by atomic mass is 10.2. The lowest BCUT2D eigenvalue weighted by Gasteiger charge is -2.11. The molecule has 2 aromatic rings. The quantitative estimate of drug-likeness (QED) is 0.831. The van der Waals surface area contributed by atoms with Crippen LogP contribution < -0.4 is 15.8 Å². The largest absolute Gasteiger partial charge is 0.495 e. The molecule has 0 saturated carbocycles. The van der Waals surface area contributed by atoms with Gasteiger partial charge in [0.2, 0.25) is 0 Å². The van der Waals surface area contributed by atoms with Crippen molar-refractivity contribution in [2.45, 2.75) is 0 Å². The number of hydrogen-bond acceptors (Lipinski definition) is 3. The highest BCUT2D eigenvalue weighted by atomic mass is 35.5. The van der Waals surface area contributed by atoms with E-state index in [1.165, 1.54) is 6.07 Å². The van der Waals surface area contributed by atoms with E-state index in [2.05, 4.69) is 5.32 Å². The Morgan fingerprint density at radius 3 is 2.72 bits per heavy atom. The molecule has 94 valence electrons. The SMILES string of the molecule is COc1ccc(Nc2cccc(F)c2N)cc1Cl. The molecule has 3 nitrogen and oxygen atoms in total. The fourth-order valence-corrected chi connectivity index (χ4v) is 1.80. The van der Waals surface area contributed by atoms with Gasteiger partial charge in [-0.3, -0.25) is 0 Å². The van der Waals surface area contributed by atoms with Gasteiger partial charge in [0.25, 0.3) is 0 Å². The molecule has 0 spiro atoms. The van der Waals surface area contributed by atoms with Crippen LogP contribution in [0, 0.1) is 5.82 Å². The first-order chi connectivity index (χ1) is 8.61. The molecule has 0 unspecified atom stereocenters. The number of para-hydroxylation sites is 1. The summed E-state index contributed by atoms with van der Waals surface area (Å²) in [5.74, 6) is 0.119. The Balaban J connectivity index is 2.29. The van der Waals surface area contributed by atoms with Crippen molar-refractivity contribution in [3.8, 4) is 5.75 Å². The molecule has 0 heterocycles. The lowest BCUT2D eigenvalue weighted by molar-refractivity contribution is 0.415. The van der Waals surface area contributed by atoms with Crippen molar-refractivity contribution in [3.05, 3.63) is 47.2 Å². The average Bonchev–Trinajstić information content (AvgIpc) is 2.35. The van der Waals surface area contributed by atoms with Crippen LogP contribution in [0.4, 0.5) is 21.5 Å². The minimum absolute atomic E-state index is 0.0736. The number of nitrogens with one attached hydrogen (secondary N) is 1. The lowest BCUT2D eigenvalue weighted by Crippen LogP contribution is -1.98. The standard InChI is InChI=1S/C13H12ClFN2O/c1-18-12-6-5-8(7-9(12)14)17-11-4-2-3-10(15)13(11)16/h2-7,17H,16H2,1H3. The molecule has 0 radical (unpaired) electrons. The zero-order valence-electron chi connectivity index (χ0n) is 9.71. The molecule has 5 heteroatoms. The Kier molecular flexibility index (Phi) is 3.58. The Morgan fingerprint density at radius 1 is 1.28 bits per heavy atom. The average molecular weight is 267 g/mol. The van der Waals surface area contributed by atoms with Gasteiger partial charge in [0.1, 0.15) is 11.6 Å². The third-order valence-electron chi connectivity index (χ3n) is 2.48. The van der Waals surface area contributed by atoms with Crippen molar-refractivity contribution in [2.24, 2.45) is 0 Å². The summed E-state index contributed by atoms with van der Waals surface area (Å²) in [4.78, 5) is 0. The number of methoxy groups -OCH3 is 1. The van der Waals surface area contributed by atoms with Gasteiger partial charge in [0, 0.05) is 5.69 Å². The first-order valence-corrected chi connectivity index (χ1v) is 5.64. The van der Waals surface area contributed by atoms with E-state index in [0.29, 0.717) is 22.1 Å². The highest BCUT2D eigenvalue weighted by Crippen LogP contribution is 2.30. The molecular formula is C13H12ClFN2O. The van der Waals surface area contributed by atoms with Crippen LogP contribution >= 0.6 is 11.6 Å². The Labute approximate surface area is 109 Å². The van der Waals surface area contributed by atoms with Crippen LogP contribution in [0.5, 0.6) is 5.75 Å². The van der Waals surface area contributed by atoms with E-state index in [0.717, 1.165) is 0 Å². The van der Waals surface area contributed by atoms with E-state index in [-0.39, 0.29) is 5.69 Å². The van der Waals surface area contributed by atoms with Crippen molar-refractivity contribution < 1.29 is 9.13 Å². The predicted molar refractivity (Wildman–Crippen MR) is 72.1 cm³/mol. The molecule has 2 aromatic carbocycles. The van der Waals surface area contributed by atoms with Crippen molar-refractivity contribution in [2.75, 3.05) is 18.2 Å². The number of ether oxygens (including phenoxy) is 1. The second-order valence-corrected chi connectivity index (χ2v) is 4.08. The van der Waals surface area contributed by atoms with Gasteiger partial charge in [-0.1, -0.05) is 17.7 Å². The number of benzene rings is 2. The Bertz CT molecular complexity index is 575. The van der Waals surface area contributed by atoms with Crippen LogP contribution in [0.15, 0.2) is 36.4 Å². The monoisotopic (exact) mass is 266 g/mol. The smallest absolute Gasteiger partial charge is 0.148 e. The summed E-state index contributed by atoms with van der Waals surface area (Å²) in [6, 6.07) is 9.76. The molecule has 0 aromatic heterocycles. The molecule has 0 aliphatic rings. The number of halogens is 2. The number of nitrogens with two attached hydrogens (primary N) is 1. The van der Waals surface area contributed by atoms with Crippen LogP contribution in [0.25, 0.3) is 0 Å². The number of hydrogen-bond donors (Lipinski definition) is 2. The van der Waals surface area contributed by atoms with Gasteiger partial charge in [-0.2, -0.15) is 0 Å². The van der Waals surface area contributed by atoms with E-state index in [1.807, 2.05) is 0 Å². The van der Waals surface area contributed by atoms with Crippen molar-refractivity contribution in [1.82, 2.24) is 0 Å². The minimum atomic E-state index is -0.459. The zero-order chi connectivity index (χ0) is 13.1. The van der Waals surface area contributed by atoms with Crippen molar-refractivity contribution in [1.29, 1.82) is 0 Å². The maximum Gasteiger partial charge on any atom is 0.148 e. The molecule has 0 aliphatic heterocycles. The second kappa shape index (κ2) is 5.14. The first-order valence-electron chi connectivity index (χ1n) is 5.26. The Hall–Kier alpha value is -1.94. The fraction of sp³-hybridized carbons (Fsp3) is 0.0769. The van der Waals surface area contributed by atoms with Crippen LogP contribution in [0.3, 0.4) is 0 Å². The molecule has 18 heavy (non-hydrogen) atoms. The summed E-state index contributed by atoms with van der Waals surface area (Å²) >= 11 is 6.00. The maximum absolute atomic E-state index is 13.3. The first kappa shape index (κ1) is 12.5. The number of rotatable bonds is 3. The zero-order valence-corrected chi connectivity index (χ0v) is 10.5. The fourth-order valence-electron chi connectivity index (χ4n) is 1.55. The van der Waals surface area contributed by atoms with E-state index in [4.69, 9.17) is 22.1 Å². The number of anilines is 3. The minimum Gasteiger partial charge on any atom is -0.495 e. The summed E-state index contributed by atoms with van der Waals surface area (Å²) in [6.07, 6.45) is 0. The third-order valence-corrected chi connectivity index (χ3v) is 2.78. The molecule has 3 N–H and O–H groups in total. The van der Waals surface area contributed by atoms with Crippen LogP contribution in [0.1, 0.15) is 0 Å². The topological polar surface area (TPSA) is 47.3 Å². The molecule has 0 fully saturated rings. The third kappa shape index (κ3) is 2.49. The van der Waals surface area contributed by atoms with E-state index < -0.39 is 5.82 Å². The molecule has 0 aliphatic carbocycles. The summed E-state index contributed by atoms with van der Waals surface area (Å²) in [6.45, 7) is 0. The van der Waals surface area contributed by atoms with E-state index >= 15 is 0 Å². The van der Waals surface area contributed by atoms with Gasteiger partial charge in [-0.25, -0.2) is 4.39 Å². The van der Waals surface area contributed by atoms with Gasteiger partial charge >= 0.3 is 0 Å². The van der Waals surface area contributed by atoms with E-state index in [1.54, 1.807) is 37.4 Å². The number of nitrogen functional groups attached to an aromatic ring is 1. The normalized spacial score (nSPS) is 10.2. The molecule has 2 rings (SSSR count). The highest BCUT2D eigenvalue weighted by Gasteiger charge is 2.06. The van der Waals surface area contributed by atoms with Gasteiger partial charge in [0.15, 0.2) is 0 Å². The highest BCUT2D eigenvalue weighted by molar-refractivity contribution is 6.32. The summed E-state index contributed by atoms with van der Waals surface area (Å²) in [7, 11) is 1.54. The van der Waals surface area contributed by atoms with Gasteiger partial charge in [-0.05, 0) is 30.3 Å². The summed E-state index contributed by atoms with van der Waals surface area (Å²) in [5, 5.41) is 3.47. The van der Waals surface area contributed by atoms with Crippen molar-refractivity contribution >= 4 is 28.7 Å². The van der Waals surface area contributed by atoms with Gasteiger partial charge in [-0.15, -0.1) is 0 Å². The van der Waals surface area contributed by atoms with Crippen LogP contribution in [-0.2, 0) is 0 Å². The predicted octanol–water partition coefficient (Wildman–Crippen LogP) is 3.81. The summed E-state index contributed by atoms with van der Waals surface area (Å²) < 4.78 is 18.3. The maximum atomic E-state index is 13.3. The molecular weight excluding hydrogens is 255 g/mol. The van der Waals surface area contributed by atoms with Crippen LogP contribution in [0.2, 0.25) is 5.02 Å². The van der Waals surface area contributed by atoms with Gasteiger partial charge < -0.3 is 15.8 Å². The van der Waals surface area contributed by atoms with Crippen molar-refractivity contribution in [3.63, 3.8) is 0 Å². The van der Waals surface area contributed by atoms with Crippen LogP contribution in [-0.4, -0.2) is 7.11 Å². The Morgan fingerprint density at radius 2 is 2.06 bits per heavy atom. The molecule has 0 atom stereocenters. The molecule has 0 saturated heterocycles. The summed E-state index contributed by atoms with van der Waals surface area (Å²) in [5.41, 5.74) is 6.91. The molecule has 0 amide bonds. The molecule has 0 bridgehead atoms.